The summed E-state index contributed by atoms with van der Waals surface area (Å²) in [6, 6.07) is 12.7. The second-order valence-electron chi connectivity index (χ2n) is 6.74. The Balaban J connectivity index is 1.61. The highest BCUT2D eigenvalue weighted by molar-refractivity contribution is 5.79. The zero-order valence-corrected chi connectivity index (χ0v) is 14.7. The molecule has 2 aromatic rings. The standard InChI is InChI=1S/C20H23F2N3O/c1-13(18(23)14-6-3-2-4-7-14)20(26)24-15-10-11-25(12-15)19-16(21)8-5-9-17(19)22/h2-9,13,15,18H,10-12,23H2,1H3,(H,24,26). The van der Waals surface area contributed by atoms with Crippen LogP contribution in [0, 0.1) is 17.6 Å². The molecular weight excluding hydrogens is 336 g/mol. The number of carbonyl (C=O) groups is 1. The molecule has 1 fully saturated rings. The van der Waals surface area contributed by atoms with Gasteiger partial charge >= 0.3 is 0 Å². The van der Waals surface area contributed by atoms with Crippen LogP contribution in [-0.2, 0) is 4.79 Å². The molecule has 3 N–H and O–H groups in total. The van der Waals surface area contributed by atoms with Gasteiger partial charge < -0.3 is 16.0 Å². The van der Waals surface area contributed by atoms with Crippen LogP contribution in [0.1, 0.15) is 24.9 Å². The predicted molar refractivity (Wildman–Crippen MR) is 97.7 cm³/mol. The van der Waals surface area contributed by atoms with E-state index in [1.165, 1.54) is 18.2 Å². The molecule has 6 heteroatoms. The zero-order chi connectivity index (χ0) is 18.7. The number of halogens is 2. The number of carbonyl (C=O) groups excluding carboxylic acids is 1. The third-order valence-electron chi connectivity index (χ3n) is 4.93. The summed E-state index contributed by atoms with van der Waals surface area (Å²) < 4.78 is 27.9. The van der Waals surface area contributed by atoms with Crippen LogP contribution in [-0.4, -0.2) is 25.0 Å². The van der Waals surface area contributed by atoms with E-state index in [0.717, 1.165) is 5.56 Å². The largest absolute Gasteiger partial charge is 0.365 e. The Labute approximate surface area is 152 Å². The van der Waals surface area contributed by atoms with E-state index in [2.05, 4.69) is 5.32 Å². The molecule has 0 radical (unpaired) electrons. The molecular formula is C20H23F2N3O. The Hall–Kier alpha value is -2.47. The van der Waals surface area contributed by atoms with Gasteiger partial charge in [-0.05, 0) is 24.1 Å². The minimum absolute atomic E-state index is 0.0294. The normalized spacial score (nSPS) is 19.2. The molecule has 0 saturated carbocycles. The van der Waals surface area contributed by atoms with E-state index in [4.69, 9.17) is 5.73 Å². The Morgan fingerprint density at radius 1 is 1.15 bits per heavy atom. The number of hydrogen-bond acceptors (Lipinski definition) is 3. The molecule has 0 spiro atoms. The maximum Gasteiger partial charge on any atom is 0.225 e. The summed E-state index contributed by atoms with van der Waals surface area (Å²) in [4.78, 5) is 14.2. The van der Waals surface area contributed by atoms with Gasteiger partial charge in [0.15, 0.2) is 0 Å². The van der Waals surface area contributed by atoms with Crippen molar-refractivity contribution < 1.29 is 13.6 Å². The van der Waals surface area contributed by atoms with E-state index in [-0.39, 0.29) is 17.6 Å². The second kappa shape index (κ2) is 7.83. The Morgan fingerprint density at radius 3 is 2.46 bits per heavy atom. The summed E-state index contributed by atoms with van der Waals surface area (Å²) >= 11 is 0. The number of rotatable bonds is 5. The average molecular weight is 359 g/mol. The van der Waals surface area contributed by atoms with Crippen molar-refractivity contribution in [1.29, 1.82) is 0 Å². The highest BCUT2D eigenvalue weighted by atomic mass is 19.1. The summed E-state index contributed by atoms with van der Waals surface area (Å²) in [6.07, 6.45) is 0.632. The molecule has 3 unspecified atom stereocenters. The summed E-state index contributed by atoms with van der Waals surface area (Å²) in [5.74, 6) is -1.73. The third-order valence-corrected chi connectivity index (χ3v) is 4.93. The van der Waals surface area contributed by atoms with E-state index >= 15 is 0 Å². The highest BCUT2D eigenvalue weighted by Gasteiger charge is 2.30. The molecule has 1 amide bonds. The predicted octanol–water partition coefficient (Wildman–Crippen LogP) is 3.00. The van der Waals surface area contributed by atoms with Gasteiger partial charge in [-0.15, -0.1) is 0 Å². The van der Waals surface area contributed by atoms with Crippen LogP contribution in [0.25, 0.3) is 0 Å². The second-order valence-corrected chi connectivity index (χ2v) is 6.74. The van der Waals surface area contributed by atoms with Crippen molar-refractivity contribution in [2.75, 3.05) is 18.0 Å². The molecule has 1 saturated heterocycles. The summed E-state index contributed by atoms with van der Waals surface area (Å²) in [5, 5.41) is 2.96. The van der Waals surface area contributed by atoms with Crippen LogP contribution in [0.2, 0.25) is 0 Å². The summed E-state index contributed by atoms with van der Waals surface area (Å²) in [7, 11) is 0. The van der Waals surface area contributed by atoms with Gasteiger partial charge in [0.2, 0.25) is 5.91 Å². The minimum atomic E-state index is -0.587. The fourth-order valence-corrected chi connectivity index (χ4v) is 3.33. The Bertz CT molecular complexity index is 749. The fourth-order valence-electron chi connectivity index (χ4n) is 3.33. The molecule has 0 aliphatic carbocycles. The van der Waals surface area contributed by atoms with Gasteiger partial charge in [-0.3, -0.25) is 4.79 Å². The van der Waals surface area contributed by atoms with Gasteiger partial charge in [-0.1, -0.05) is 43.3 Å². The maximum atomic E-state index is 13.9. The summed E-state index contributed by atoms with van der Waals surface area (Å²) in [6.45, 7) is 2.65. The number of nitrogens with zero attached hydrogens (tertiary/aromatic N) is 1. The lowest BCUT2D eigenvalue weighted by Crippen LogP contribution is -2.42. The molecule has 3 rings (SSSR count). The number of benzene rings is 2. The Morgan fingerprint density at radius 2 is 1.81 bits per heavy atom. The zero-order valence-electron chi connectivity index (χ0n) is 14.7. The first kappa shape index (κ1) is 18.3. The molecule has 1 aliphatic heterocycles. The third kappa shape index (κ3) is 3.85. The van der Waals surface area contributed by atoms with Gasteiger partial charge in [-0.2, -0.15) is 0 Å². The van der Waals surface area contributed by atoms with Gasteiger partial charge in [0.1, 0.15) is 17.3 Å². The van der Waals surface area contributed by atoms with Crippen LogP contribution in [0.3, 0.4) is 0 Å². The van der Waals surface area contributed by atoms with E-state index in [9.17, 15) is 13.6 Å². The van der Waals surface area contributed by atoms with Crippen LogP contribution < -0.4 is 16.0 Å². The Kier molecular flexibility index (Phi) is 5.52. The first-order chi connectivity index (χ1) is 12.5. The molecule has 138 valence electrons. The molecule has 0 bridgehead atoms. The van der Waals surface area contributed by atoms with Gasteiger partial charge in [0.05, 0.1) is 5.92 Å². The number of anilines is 1. The lowest BCUT2D eigenvalue weighted by atomic mass is 9.94. The van der Waals surface area contributed by atoms with Gasteiger partial charge in [-0.25, -0.2) is 8.78 Å². The first-order valence-corrected chi connectivity index (χ1v) is 8.77. The first-order valence-electron chi connectivity index (χ1n) is 8.77. The number of nitrogens with one attached hydrogen (secondary N) is 1. The fraction of sp³-hybridized carbons (Fsp3) is 0.350. The maximum absolute atomic E-state index is 13.9. The van der Waals surface area contributed by atoms with Gasteiger partial charge in [0.25, 0.3) is 0 Å². The number of hydrogen-bond donors (Lipinski definition) is 2. The SMILES string of the molecule is CC(C(=O)NC1CCN(c2c(F)cccc2F)C1)C(N)c1ccccc1. The minimum Gasteiger partial charge on any atom is -0.365 e. The summed E-state index contributed by atoms with van der Waals surface area (Å²) in [5.41, 5.74) is 7.07. The molecule has 26 heavy (non-hydrogen) atoms. The number of amides is 1. The van der Waals surface area contributed by atoms with Crippen LogP contribution in [0.15, 0.2) is 48.5 Å². The number of para-hydroxylation sites is 1. The van der Waals surface area contributed by atoms with Crippen molar-refractivity contribution in [2.45, 2.75) is 25.4 Å². The van der Waals surface area contributed by atoms with Crippen LogP contribution >= 0.6 is 0 Å². The van der Waals surface area contributed by atoms with Crippen LogP contribution in [0.4, 0.5) is 14.5 Å². The lowest BCUT2D eigenvalue weighted by Gasteiger charge is -2.23. The van der Waals surface area contributed by atoms with E-state index < -0.39 is 23.6 Å². The van der Waals surface area contributed by atoms with E-state index in [1.54, 1.807) is 11.8 Å². The topological polar surface area (TPSA) is 58.4 Å². The smallest absolute Gasteiger partial charge is 0.225 e. The molecule has 1 heterocycles. The molecule has 0 aromatic heterocycles. The van der Waals surface area contributed by atoms with E-state index in [1.807, 2.05) is 30.3 Å². The number of nitrogens with two attached hydrogens (primary N) is 1. The van der Waals surface area contributed by atoms with Crippen molar-refractivity contribution in [3.05, 3.63) is 65.7 Å². The van der Waals surface area contributed by atoms with Crippen molar-refractivity contribution >= 4 is 11.6 Å². The van der Waals surface area contributed by atoms with E-state index in [0.29, 0.717) is 19.5 Å². The van der Waals surface area contributed by atoms with Crippen molar-refractivity contribution in [3.8, 4) is 0 Å². The monoisotopic (exact) mass is 359 g/mol. The van der Waals surface area contributed by atoms with Gasteiger partial charge in [0, 0.05) is 25.2 Å². The lowest BCUT2D eigenvalue weighted by molar-refractivity contribution is -0.125. The average Bonchev–Trinajstić information content (AvgIpc) is 3.09. The van der Waals surface area contributed by atoms with Crippen molar-refractivity contribution in [1.82, 2.24) is 5.32 Å². The highest BCUT2D eigenvalue weighted by Crippen LogP contribution is 2.27. The molecule has 2 aromatic carbocycles. The van der Waals surface area contributed by atoms with Crippen molar-refractivity contribution in [3.63, 3.8) is 0 Å². The molecule has 3 atom stereocenters. The van der Waals surface area contributed by atoms with Crippen molar-refractivity contribution in [2.24, 2.45) is 11.7 Å². The quantitative estimate of drug-likeness (QED) is 0.863. The molecule has 4 nitrogen and oxygen atoms in total. The molecule has 1 aliphatic rings. The van der Waals surface area contributed by atoms with Crippen LogP contribution in [0.5, 0.6) is 0 Å².